The molecule has 3 atom stereocenters. The zero-order valence-electron chi connectivity index (χ0n) is 15.5. The van der Waals surface area contributed by atoms with E-state index in [1.54, 1.807) is 19.2 Å². The van der Waals surface area contributed by atoms with Gasteiger partial charge in [-0.05, 0) is 44.5 Å². The molecule has 0 bridgehead atoms. The second-order valence-electron chi connectivity index (χ2n) is 6.20. The van der Waals surface area contributed by atoms with Crippen molar-refractivity contribution in [2.24, 2.45) is 4.99 Å². The van der Waals surface area contributed by atoms with Crippen LogP contribution < -0.4 is 15.4 Å². The van der Waals surface area contributed by atoms with Crippen LogP contribution in [0.15, 0.2) is 29.3 Å². The Balaban J connectivity index is 0.00000338. The molecule has 3 unspecified atom stereocenters. The molecule has 26 heavy (non-hydrogen) atoms. The first-order valence-corrected chi connectivity index (χ1v) is 8.65. The number of halogens is 2. The van der Waals surface area contributed by atoms with Crippen LogP contribution in [-0.4, -0.2) is 57.6 Å². The summed E-state index contributed by atoms with van der Waals surface area (Å²) in [6, 6.07) is 6.12. The summed E-state index contributed by atoms with van der Waals surface area (Å²) in [5.41, 5.74) is 0. The first-order chi connectivity index (χ1) is 12.1. The van der Waals surface area contributed by atoms with E-state index in [0.717, 1.165) is 13.0 Å². The van der Waals surface area contributed by atoms with Gasteiger partial charge in [-0.25, -0.2) is 4.39 Å². The Kier molecular flexibility index (Phi) is 10.8. The zero-order chi connectivity index (χ0) is 18.1. The molecule has 148 valence electrons. The Morgan fingerprint density at radius 2 is 2.08 bits per heavy atom. The molecule has 1 fully saturated rings. The van der Waals surface area contributed by atoms with Gasteiger partial charge in [0.1, 0.15) is 17.7 Å². The van der Waals surface area contributed by atoms with E-state index in [2.05, 4.69) is 15.6 Å². The third-order valence-electron chi connectivity index (χ3n) is 3.78. The fourth-order valence-corrected chi connectivity index (χ4v) is 2.42. The fraction of sp³-hybridized carbons (Fsp3) is 0.611. The molecule has 2 rings (SSSR count). The molecular formula is C18H29FIN3O3. The van der Waals surface area contributed by atoms with Gasteiger partial charge in [-0.2, -0.15) is 0 Å². The van der Waals surface area contributed by atoms with Crippen molar-refractivity contribution in [2.45, 2.75) is 38.5 Å². The molecule has 1 heterocycles. The van der Waals surface area contributed by atoms with Crippen molar-refractivity contribution in [2.75, 3.05) is 33.4 Å². The second-order valence-corrected chi connectivity index (χ2v) is 6.20. The van der Waals surface area contributed by atoms with Crippen LogP contribution in [0.25, 0.3) is 0 Å². The monoisotopic (exact) mass is 481 g/mol. The van der Waals surface area contributed by atoms with Gasteiger partial charge >= 0.3 is 0 Å². The Morgan fingerprint density at radius 3 is 2.69 bits per heavy atom. The van der Waals surface area contributed by atoms with Crippen molar-refractivity contribution >= 4 is 29.9 Å². The number of rotatable bonds is 8. The van der Waals surface area contributed by atoms with Gasteiger partial charge in [0.15, 0.2) is 5.96 Å². The van der Waals surface area contributed by atoms with Gasteiger partial charge in [0, 0.05) is 19.7 Å². The lowest BCUT2D eigenvalue weighted by atomic mass is 10.3. The second kappa shape index (κ2) is 12.3. The summed E-state index contributed by atoms with van der Waals surface area (Å²) in [6.45, 7) is 6.61. The molecule has 0 aliphatic carbocycles. The topological polar surface area (TPSA) is 64.1 Å². The molecule has 1 aliphatic rings. The van der Waals surface area contributed by atoms with Gasteiger partial charge in [0.2, 0.25) is 0 Å². The Bertz CT molecular complexity index is 539. The van der Waals surface area contributed by atoms with Crippen molar-refractivity contribution in [1.82, 2.24) is 10.6 Å². The highest BCUT2D eigenvalue weighted by molar-refractivity contribution is 14.0. The van der Waals surface area contributed by atoms with E-state index in [0.29, 0.717) is 31.5 Å². The van der Waals surface area contributed by atoms with E-state index < -0.39 is 0 Å². The maximum absolute atomic E-state index is 12.9. The first-order valence-electron chi connectivity index (χ1n) is 8.65. The summed E-state index contributed by atoms with van der Waals surface area (Å²) >= 11 is 0. The van der Waals surface area contributed by atoms with Crippen molar-refractivity contribution in [3.8, 4) is 5.75 Å². The highest BCUT2D eigenvalue weighted by atomic mass is 127. The molecule has 0 radical (unpaired) electrons. The lowest BCUT2D eigenvalue weighted by Crippen LogP contribution is -2.46. The fourth-order valence-electron chi connectivity index (χ4n) is 2.42. The lowest BCUT2D eigenvalue weighted by molar-refractivity contribution is 0.0347. The van der Waals surface area contributed by atoms with Crippen molar-refractivity contribution in [3.63, 3.8) is 0 Å². The van der Waals surface area contributed by atoms with Gasteiger partial charge < -0.3 is 24.8 Å². The van der Waals surface area contributed by atoms with Gasteiger partial charge in [-0.3, -0.25) is 4.99 Å². The number of hydrogen-bond donors (Lipinski definition) is 2. The van der Waals surface area contributed by atoms with Crippen molar-refractivity contribution < 1.29 is 18.6 Å². The highest BCUT2D eigenvalue weighted by Crippen LogP contribution is 2.12. The number of benzene rings is 1. The molecular weight excluding hydrogens is 452 g/mol. The molecule has 0 aromatic heterocycles. The van der Waals surface area contributed by atoms with Gasteiger partial charge in [-0.1, -0.05) is 0 Å². The van der Waals surface area contributed by atoms with Crippen LogP contribution in [0.5, 0.6) is 5.75 Å². The number of nitrogens with one attached hydrogen (secondary N) is 2. The molecule has 0 saturated carbocycles. The number of nitrogens with zero attached hydrogens (tertiary/aromatic N) is 1. The zero-order valence-corrected chi connectivity index (χ0v) is 17.9. The number of hydrogen-bond acceptors (Lipinski definition) is 4. The van der Waals surface area contributed by atoms with E-state index in [-0.39, 0.29) is 48.0 Å². The third-order valence-corrected chi connectivity index (χ3v) is 3.78. The van der Waals surface area contributed by atoms with Crippen LogP contribution in [-0.2, 0) is 9.47 Å². The molecule has 1 saturated heterocycles. The number of guanidine groups is 1. The van der Waals surface area contributed by atoms with Gasteiger partial charge in [0.05, 0.1) is 25.9 Å². The average molecular weight is 481 g/mol. The summed E-state index contributed by atoms with van der Waals surface area (Å²) in [5, 5.41) is 6.50. The molecule has 1 aliphatic heterocycles. The number of aliphatic imine (C=N–C) groups is 1. The molecule has 0 amide bonds. The highest BCUT2D eigenvalue weighted by Gasteiger charge is 2.17. The molecule has 2 N–H and O–H groups in total. The van der Waals surface area contributed by atoms with Gasteiger partial charge in [-0.15, -0.1) is 24.0 Å². The van der Waals surface area contributed by atoms with E-state index in [1.165, 1.54) is 12.1 Å². The maximum Gasteiger partial charge on any atom is 0.191 e. The van der Waals surface area contributed by atoms with E-state index in [9.17, 15) is 4.39 Å². The molecule has 6 nitrogen and oxygen atoms in total. The molecule has 0 spiro atoms. The van der Waals surface area contributed by atoms with Crippen LogP contribution in [0.3, 0.4) is 0 Å². The first kappa shape index (κ1) is 22.9. The minimum Gasteiger partial charge on any atom is -0.489 e. The van der Waals surface area contributed by atoms with Crippen LogP contribution in [0, 0.1) is 5.82 Å². The van der Waals surface area contributed by atoms with Crippen LogP contribution in [0.4, 0.5) is 4.39 Å². The van der Waals surface area contributed by atoms with Crippen molar-refractivity contribution in [3.05, 3.63) is 30.1 Å². The van der Waals surface area contributed by atoms with Crippen LogP contribution in [0.2, 0.25) is 0 Å². The Labute approximate surface area is 171 Å². The minimum absolute atomic E-state index is 0. The predicted molar refractivity (Wildman–Crippen MR) is 111 cm³/mol. The average Bonchev–Trinajstić information content (AvgIpc) is 3.12. The van der Waals surface area contributed by atoms with Crippen molar-refractivity contribution in [1.29, 1.82) is 0 Å². The van der Waals surface area contributed by atoms with Gasteiger partial charge in [0.25, 0.3) is 0 Å². The van der Waals surface area contributed by atoms with E-state index >= 15 is 0 Å². The number of ether oxygens (including phenoxy) is 3. The largest absolute Gasteiger partial charge is 0.489 e. The quantitative estimate of drug-likeness (QED) is 0.340. The SMILES string of the molecule is CN=C(NCC(C)Oc1ccc(F)cc1)NC(C)COC1CCOC1.I. The third kappa shape index (κ3) is 8.50. The smallest absolute Gasteiger partial charge is 0.191 e. The Morgan fingerprint density at radius 1 is 1.35 bits per heavy atom. The maximum atomic E-state index is 12.9. The lowest BCUT2D eigenvalue weighted by Gasteiger charge is -2.21. The summed E-state index contributed by atoms with van der Waals surface area (Å²) in [6.07, 6.45) is 1.06. The van der Waals surface area contributed by atoms with Crippen LogP contribution in [0.1, 0.15) is 20.3 Å². The summed E-state index contributed by atoms with van der Waals surface area (Å²) in [4.78, 5) is 4.21. The summed E-state index contributed by atoms with van der Waals surface area (Å²) < 4.78 is 29.7. The van der Waals surface area contributed by atoms with E-state index in [4.69, 9.17) is 14.2 Å². The van der Waals surface area contributed by atoms with E-state index in [1.807, 2.05) is 13.8 Å². The Hall–Kier alpha value is -1.13. The molecule has 8 heteroatoms. The summed E-state index contributed by atoms with van der Waals surface area (Å²) in [7, 11) is 1.72. The minimum atomic E-state index is -0.275. The standard InChI is InChI=1S/C18H28FN3O3.HI/c1-13(11-24-17-8-9-23-12-17)22-18(20-3)21-10-14(2)25-16-6-4-15(19)5-7-16;/h4-7,13-14,17H,8-12H2,1-3H3,(H2,20,21,22);1H. The molecule has 1 aromatic carbocycles. The predicted octanol–water partition coefficient (Wildman–Crippen LogP) is 2.57. The normalized spacial score (nSPS) is 19.4. The summed E-state index contributed by atoms with van der Waals surface area (Å²) in [5.74, 6) is 1.05. The molecule has 1 aromatic rings. The van der Waals surface area contributed by atoms with Crippen LogP contribution >= 0.6 is 24.0 Å².